The molecule has 6 heteroatoms. The van der Waals surface area contributed by atoms with Gasteiger partial charge in [-0.3, -0.25) is 0 Å². The maximum absolute atomic E-state index is 8.08. The molecule has 0 amide bonds. The van der Waals surface area contributed by atoms with E-state index in [1.54, 1.807) is 0 Å². The highest BCUT2D eigenvalue weighted by molar-refractivity contribution is 8.29. The maximum atomic E-state index is 8.08. The van der Waals surface area contributed by atoms with Gasteiger partial charge < -0.3 is 23.9 Å². The summed E-state index contributed by atoms with van der Waals surface area (Å²) in [6.45, 7) is 17.0. The molecule has 0 aromatic carbocycles. The molecule has 23 heavy (non-hydrogen) atoms. The molecule has 1 fully saturated rings. The second kappa shape index (κ2) is 13.2. The number of hydrogen-bond donors (Lipinski definition) is 2. The largest absolute Gasteiger partial charge is 0.376 e. The van der Waals surface area contributed by atoms with Crippen molar-refractivity contribution < 1.29 is 23.9 Å². The zero-order valence-corrected chi connectivity index (χ0v) is 17.5. The van der Waals surface area contributed by atoms with Crippen LogP contribution in [0.4, 0.5) is 0 Å². The predicted octanol–water partition coefficient (Wildman–Crippen LogP) is 3.51. The van der Waals surface area contributed by atoms with Crippen molar-refractivity contribution in [3.63, 3.8) is 0 Å². The Morgan fingerprint density at radius 2 is 1.52 bits per heavy atom. The van der Waals surface area contributed by atoms with Crippen molar-refractivity contribution in [2.24, 2.45) is 0 Å². The molecule has 1 aliphatic rings. The molecule has 0 spiro atoms. The number of carbonyl (C=O) groups is 1. The van der Waals surface area contributed by atoms with Gasteiger partial charge in [-0.25, -0.2) is 0 Å². The highest BCUT2D eigenvalue weighted by atomic mass is 32.3. The fourth-order valence-electron chi connectivity index (χ4n) is 1.20. The lowest BCUT2D eigenvalue weighted by Crippen LogP contribution is -2.27. The lowest BCUT2D eigenvalue weighted by atomic mass is 10.2. The molecule has 144 valence electrons. The summed E-state index contributed by atoms with van der Waals surface area (Å²) in [6, 6.07) is 0. The van der Waals surface area contributed by atoms with E-state index in [0.717, 1.165) is 13.2 Å². The highest BCUT2D eigenvalue weighted by Crippen LogP contribution is 2.53. The molecular weight excluding hydrogens is 316 g/mol. The summed E-state index contributed by atoms with van der Waals surface area (Å²) in [5.74, 6) is -1.50. The molecule has 2 N–H and O–H groups in total. The lowest BCUT2D eigenvalue weighted by molar-refractivity contribution is -0.127. The van der Waals surface area contributed by atoms with Crippen LogP contribution < -0.4 is 0 Å². The molecule has 1 atom stereocenters. The zero-order chi connectivity index (χ0) is 19.3. The van der Waals surface area contributed by atoms with E-state index in [1.165, 1.54) is 26.7 Å². The van der Waals surface area contributed by atoms with E-state index in [4.69, 9.17) is 23.9 Å². The Bertz CT molecular complexity index is 257. The van der Waals surface area contributed by atoms with Crippen molar-refractivity contribution >= 4 is 17.1 Å². The molecule has 0 saturated carbocycles. The van der Waals surface area contributed by atoms with Gasteiger partial charge in [0.1, 0.15) is 6.79 Å². The van der Waals surface area contributed by atoms with Crippen molar-refractivity contribution in [2.45, 2.75) is 77.9 Å². The first-order chi connectivity index (χ1) is 10.3. The first-order valence-electron chi connectivity index (χ1n) is 8.05. The van der Waals surface area contributed by atoms with E-state index in [2.05, 4.69) is 33.3 Å². The minimum Gasteiger partial charge on any atom is -0.376 e. The number of hydrogen-bond acceptors (Lipinski definition) is 5. The third-order valence-corrected chi connectivity index (χ3v) is 6.72. The fourth-order valence-corrected chi connectivity index (χ4v) is 2.04. The highest BCUT2D eigenvalue weighted by Gasteiger charge is 2.30. The molecule has 0 aromatic heterocycles. The summed E-state index contributed by atoms with van der Waals surface area (Å²) in [4.78, 5) is 8.00. The lowest BCUT2D eigenvalue weighted by Gasteiger charge is -2.44. The Morgan fingerprint density at radius 1 is 1.13 bits per heavy atom. The molecule has 1 heterocycles. The van der Waals surface area contributed by atoms with Gasteiger partial charge in [0.25, 0.3) is 0 Å². The second-order valence-corrected chi connectivity index (χ2v) is 10.7. The first kappa shape index (κ1) is 27.7. The van der Waals surface area contributed by atoms with Gasteiger partial charge in [0.2, 0.25) is 0 Å². The Hall–Kier alpha value is -0.140. The number of rotatable bonds is 3. The van der Waals surface area contributed by atoms with Crippen LogP contribution in [0.15, 0.2) is 0 Å². The van der Waals surface area contributed by atoms with Gasteiger partial charge in [-0.05, 0) is 39.2 Å². The summed E-state index contributed by atoms with van der Waals surface area (Å²) >= 11 is 0. The van der Waals surface area contributed by atoms with Gasteiger partial charge >= 0.3 is 0 Å². The Balaban J connectivity index is -0.000000375. The molecule has 0 unspecified atom stereocenters. The first-order valence-corrected chi connectivity index (χ1v) is 10.4. The second-order valence-electron chi connectivity index (χ2n) is 6.76. The van der Waals surface area contributed by atoms with Crippen molar-refractivity contribution in [1.29, 1.82) is 0 Å². The van der Waals surface area contributed by atoms with E-state index < -0.39 is 16.1 Å². The number of carbonyl (C=O) groups excluding carboxylic acids is 1. The van der Waals surface area contributed by atoms with Gasteiger partial charge in [0.15, 0.2) is 5.79 Å². The van der Waals surface area contributed by atoms with Gasteiger partial charge in [0.05, 0.1) is 12.7 Å². The molecular formula is C17H40O5S. The number of aliphatic hydroxyl groups is 2. The predicted molar refractivity (Wildman–Crippen MR) is 101 cm³/mol. The molecule has 1 aliphatic heterocycles. The monoisotopic (exact) mass is 356 g/mol. The summed E-state index contributed by atoms with van der Waals surface area (Å²) in [5, 5.41) is 16.2. The molecule has 0 bridgehead atoms. The Kier molecular flexibility index (Phi) is 15.9. The van der Waals surface area contributed by atoms with E-state index >= 15 is 0 Å². The molecule has 0 aromatic rings. The Morgan fingerprint density at radius 3 is 1.78 bits per heavy atom. The third kappa shape index (κ3) is 18.0. The van der Waals surface area contributed by atoms with Crippen LogP contribution in [-0.4, -0.2) is 59.4 Å². The number of ether oxygens (including phenoxy) is 1. The topological polar surface area (TPSA) is 76.0 Å². The average molecular weight is 357 g/mol. The molecule has 1 saturated heterocycles. The minimum atomic E-state index is -1.50. The van der Waals surface area contributed by atoms with Crippen LogP contribution >= 0.6 is 10.3 Å². The standard InChI is InChI=1S/C11H24O2S.C3H8O2.C2H6.CH2O/c1-11(2,3)14(4,5)13-9-10-7-6-8-12-10;1-3(2,4)5;2*1-2/h10H,6-9H2,1-5H3;4-5H,1-2H3;1-2H3;1H2/t10-;;;/m0.../s1. The molecule has 0 radical (unpaired) electrons. The van der Waals surface area contributed by atoms with E-state index in [9.17, 15) is 0 Å². The van der Waals surface area contributed by atoms with Gasteiger partial charge in [-0.2, -0.15) is 0 Å². The van der Waals surface area contributed by atoms with Crippen LogP contribution in [0.3, 0.4) is 0 Å². The van der Waals surface area contributed by atoms with Gasteiger partial charge in [-0.1, -0.05) is 34.6 Å². The quantitative estimate of drug-likeness (QED) is 0.757. The van der Waals surface area contributed by atoms with E-state index in [1.807, 2.05) is 20.6 Å². The van der Waals surface area contributed by atoms with Crippen LogP contribution in [0, 0.1) is 0 Å². The van der Waals surface area contributed by atoms with Crippen molar-refractivity contribution in [3.05, 3.63) is 0 Å². The van der Waals surface area contributed by atoms with Crippen LogP contribution in [0.1, 0.15) is 61.3 Å². The molecule has 0 aliphatic carbocycles. The molecule has 5 nitrogen and oxygen atoms in total. The van der Waals surface area contributed by atoms with Gasteiger partial charge in [-0.15, -0.1) is 10.3 Å². The Labute approximate surface area is 145 Å². The minimum absolute atomic E-state index is 0.256. The van der Waals surface area contributed by atoms with Crippen LogP contribution in [-0.2, 0) is 13.7 Å². The van der Waals surface area contributed by atoms with Gasteiger partial charge in [0, 0.05) is 11.4 Å². The fraction of sp³-hybridized carbons (Fsp3) is 0.941. The van der Waals surface area contributed by atoms with E-state index in [0.29, 0.717) is 6.10 Å². The van der Waals surface area contributed by atoms with Crippen molar-refractivity contribution in [3.8, 4) is 0 Å². The molecule has 1 rings (SSSR count). The van der Waals surface area contributed by atoms with Crippen LogP contribution in [0.5, 0.6) is 0 Å². The van der Waals surface area contributed by atoms with Crippen LogP contribution in [0.2, 0.25) is 0 Å². The normalized spacial score (nSPS) is 18.5. The summed E-state index contributed by atoms with van der Waals surface area (Å²) in [5.41, 5.74) is 0. The smallest absolute Gasteiger partial charge is 0.156 e. The van der Waals surface area contributed by atoms with E-state index in [-0.39, 0.29) is 4.75 Å². The summed E-state index contributed by atoms with van der Waals surface area (Å²) in [7, 11) is -0.965. The average Bonchev–Trinajstić information content (AvgIpc) is 2.91. The van der Waals surface area contributed by atoms with Crippen molar-refractivity contribution in [1.82, 2.24) is 0 Å². The summed E-state index contributed by atoms with van der Waals surface area (Å²) < 4.78 is 11.8. The maximum Gasteiger partial charge on any atom is 0.156 e. The van der Waals surface area contributed by atoms with Crippen LogP contribution in [0.25, 0.3) is 0 Å². The third-order valence-electron chi connectivity index (χ3n) is 3.05. The summed E-state index contributed by atoms with van der Waals surface area (Å²) in [6.07, 6.45) is 7.19. The van der Waals surface area contributed by atoms with Crippen molar-refractivity contribution in [2.75, 3.05) is 25.7 Å². The SMILES string of the molecule is C=O.CC.CC(C)(C)S(C)(C)OC[C@@H]1CCCO1.CC(C)(O)O. The zero-order valence-electron chi connectivity index (χ0n) is 16.6.